The highest BCUT2D eigenvalue weighted by molar-refractivity contribution is 7.80. The van der Waals surface area contributed by atoms with Gasteiger partial charge in [-0.25, -0.2) is 4.39 Å². The van der Waals surface area contributed by atoms with Crippen molar-refractivity contribution in [1.29, 1.82) is 0 Å². The number of benzene rings is 1. The van der Waals surface area contributed by atoms with Crippen LogP contribution in [0.4, 0.5) is 4.39 Å². The highest BCUT2D eigenvalue weighted by atomic mass is 32.1. The van der Waals surface area contributed by atoms with Crippen LogP contribution in [0, 0.1) is 11.7 Å². The highest BCUT2D eigenvalue weighted by Gasteiger charge is 2.12. The van der Waals surface area contributed by atoms with E-state index in [1.54, 1.807) is 6.07 Å². The van der Waals surface area contributed by atoms with Crippen LogP contribution in [-0.2, 0) is 11.3 Å². The maximum absolute atomic E-state index is 13.5. The Hall–Kier alpha value is -1.53. The van der Waals surface area contributed by atoms with Gasteiger partial charge < -0.3 is 11.5 Å². The van der Waals surface area contributed by atoms with Crippen molar-refractivity contribution in [2.24, 2.45) is 17.4 Å². The van der Waals surface area contributed by atoms with Crippen molar-refractivity contribution < 1.29 is 9.18 Å². The van der Waals surface area contributed by atoms with Crippen molar-refractivity contribution in [1.82, 2.24) is 4.90 Å². The maximum atomic E-state index is 13.5. The Balaban J connectivity index is 2.91. The third-order valence-corrected chi connectivity index (χ3v) is 2.89. The van der Waals surface area contributed by atoms with E-state index < -0.39 is 11.7 Å². The molecule has 0 atom stereocenters. The first-order valence-electron chi connectivity index (χ1n) is 6.38. The largest absolute Gasteiger partial charge is 0.389 e. The van der Waals surface area contributed by atoms with Crippen LogP contribution in [0.2, 0.25) is 0 Å². The normalized spacial score (nSPS) is 11.1. The number of rotatable bonds is 7. The average Bonchev–Trinajstić information content (AvgIpc) is 2.25. The van der Waals surface area contributed by atoms with Gasteiger partial charge in [-0.05, 0) is 29.7 Å². The Bertz CT molecular complexity index is 505. The van der Waals surface area contributed by atoms with Crippen LogP contribution in [0.15, 0.2) is 18.2 Å². The van der Waals surface area contributed by atoms with E-state index in [2.05, 4.69) is 0 Å². The summed E-state index contributed by atoms with van der Waals surface area (Å²) in [5.41, 5.74) is 12.0. The van der Waals surface area contributed by atoms with Gasteiger partial charge in [-0.1, -0.05) is 26.1 Å². The summed E-state index contributed by atoms with van der Waals surface area (Å²) in [7, 11) is 0. The van der Waals surface area contributed by atoms with Crippen molar-refractivity contribution >= 4 is 23.1 Å². The Kier molecular flexibility index (Phi) is 6.04. The van der Waals surface area contributed by atoms with E-state index in [1.807, 2.05) is 18.7 Å². The minimum absolute atomic E-state index is 0.136. The van der Waals surface area contributed by atoms with Gasteiger partial charge >= 0.3 is 0 Å². The zero-order chi connectivity index (χ0) is 15.3. The van der Waals surface area contributed by atoms with E-state index in [0.717, 1.165) is 5.56 Å². The first-order valence-corrected chi connectivity index (χ1v) is 6.78. The second kappa shape index (κ2) is 7.31. The molecule has 4 nitrogen and oxygen atoms in total. The van der Waals surface area contributed by atoms with Gasteiger partial charge in [-0.15, -0.1) is 0 Å². The molecule has 0 saturated carbocycles. The Labute approximate surface area is 123 Å². The number of halogens is 1. The average molecular weight is 297 g/mol. The quantitative estimate of drug-likeness (QED) is 0.746. The summed E-state index contributed by atoms with van der Waals surface area (Å²) < 4.78 is 13.5. The van der Waals surface area contributed by atoms with E-state index in [0.29, 0.717) is 24.6 Å². The molecule has 0 heterocycles. The van der Waals surface area contributed by atoms with Crippen LogP contribution in [0.5, 0.6) is 0 Å². The molecule has 0 aliphatic heterocycles. The predicted octanol–water partition coefficient (Wildman–Crippen LogP) is 1.40. The number of nitrogens with two attached hydrogens (primary N) is 2. The SMILES string of the molecule is CC(C)CN(CC(N)=O)Cc1cc(F)cc(C(N)=S)c1. The molecule has 0 unspecified atom stereocenters. The monoisotopic (exact) mass is 297 g/mol. The van der Waals surface area contributed by atoms with Crippen molar-refractivity contribution in [2.45, 2.75) is 20.4 Å². The lowest BCUT2D eigenvalue weighted by Crippen LogP contribution is -2.35. The summed E-state index contributed by atoms with van der Waals surface area (Å²) >= 11 is 4.86. The number of hydrogen-bond acceptors (Lipinski definition) is 3. The summed E-state index contributed by atoms with van der Waals surface area (Å²) in [6.07, 6.45) is 0. The first kappa shape index (κ1) is 16.5. The van der Waals surface area contributed by atoms with Crippen molar-refractivity contribution in [3.8, 4) is 0 Å². The third-order valence-electron chi connectivity index (χ3n) is 2.65. The van der Waals surface area contributed by atoms with Gasteiger partial charge in [0.1, 0.15) is 10.8 Å². The fourth-order valence-corrected chi connectivity index (χ4v) is 2.18. The third kappa shape index (κ3) is 5.63. The molecule has 0 spiro atoms. The Morgan fingerprint density at radius 2 is 2.00 bits per heavy atom. The summed E-state index contributed by atoms with van der Waals surface area (Å²) in [6, 6.07) is 4.45. The van der Waals surface area contributed by atoms with Gasteiger partial charge in [0.15, 0.2) is 0 Å². The second-order valence-electron chi connectivity index (χ2n) is 5.24. The predicted molar refractivity (Wildman–Crippen MR) is 81.6 cm³/mol. The summed E-state index contributed by atoms with van der Waals surface area (Å²) in [5, 5.41) is 0. The van der Waals surface area contributed by atoms with Crippen LogP contribution in [-0.4, -0.2) is 28.9 Å². The smallest absolute Gasteiger partial charge is 0.231 e. The number of hydrogen-bond donors (Lipinski definition) is 2. The van der Waals surface area contributed by atoms with Gasteiger partial charge in [-0.2, -0.15) is 0 Å². The molecule has 1 amide bonds. The van der Waals surface area contributed by atoms with Gasteiger partial charge in [0.25, 0.3) is 0 Å². The number of nitrogens with zero attached hydrogens (tertiary/aromatic N) is 1. The summed E-state index contributed by atoms with van der Waals surface area (Å²) in [5.74, 6) is -0.427. The molecule has 0 saturated heterocycles. The van der Waals surface area contributed by atoms with Crippen molar-refractivity contribution in [2.75, 3.05) is 13.1 Å². The fraction of sp³-hybridized carbons (Fsp3) is 0.429. The van der Waals surface area contributed by atoms with Gasteiger partial charge in [-0.3, -0.25) is 9.69 Å². The number of carbonyl (C=O) groups is 1. The molecule has 1 aromatic carbocycles. The molecule has 0 fully saturated rings. The number of thiocarbonyl (C=S) groups is 1. The molecule has 1 rings (SSSR count). The fourth-order valence-electron chi connectivity index (χ4n) is 2.06. The number of primary amides is 1. The molecule has 4 N–H and O–H groups in total. The Morgan fingerprint density at radius 3 is 2.50 bits per heavy atom. The lowest BCUT2D eigenvalue weighted by molar-refractivity contribution is -0.119. The zero-order valence-corrected chi connectivity index (χ0v) is 12.5. The molecule has 20 heavy (non-hydrogen) atoms. The van der Waals surface area contributed by atoms with Gasteiger partial charge in [0, 0.05) is 18.7 Å². The van der Waals surface area contributed by atoms with Crippen LogP contribution in [0.1, 0.15) is 25.0 Å². The van der Waals surface area contributed by atoms with E-state index in [9.17, 15) is 9.18 Å². The maximum Gasteiger partial charge on any atom is 0.231 e. The lowest BCUT2D eigenvalue weighted by atomic mass is 10.1. The standard InChI is InChI=1S/C14H20FN3OS/c1-9(2)6-18(8-13(16)19)7-10-3-11(14(17)20)5-12(15)4-10/h3-5,9H,6-8H2,1-2H3,(H2,16,19)(H2,17,20). The van der Waals surface area contributed by atoms with E-state index in [1.165, 1.54) is 12.1 Å². The number of amides is 1. The second-order valence-corrected chi connectivity index (χ2v) is 5.68. The van der Waals surface area contributed by atoms with E-state index in [-0.39, 0.29) is 11.5 Å². The summed E-state index contributed by atoms with van der Waals surface area (Å²) in [6.45, 7) is 5.34. The molecule has 110 valence electrons. The molecule has 0 aromatic heterocycles. The van der Waals surface area contributed by atoms with Crippen molar-refractivity contribution in [3.63, 3.8) is 0 Å². The molecule has 0 aliphatic rings. The molecule has 0 bridgehead atoms. The van der Waals surface area contributed by atoms with Crippen LogP contribution < -0.4 is 11.5 Å². The Morgan fingerprint density at radius 1 is 1.35 bits per heavy atom. The first-order chi connectivity index (χ1) is 9.27. The zero-order valence-electron chi connectivity index (χ0n) is 11.7. The van der Waals surface area contributed by atoms with Crippen LogP contribution >= 0.6 is 12.2 Å². The molecule has 6 heteroatoms. The van der Waals surface area contributed by atoms with Crippen LogP contribution in [0.25, 0.3) is 0 Å². The lowest BCUT2D eigenvalue weighted by Gasteiger charge is -2.23. The van der Waals surface area contributed by atoms with Crippen LogP contribution in [0.3, 0.4) is 0 Å². The molecular weight excluding hydrogens is 277 g/mol. The topological polar surface area (TPSA) is 72.3 Å². The van der Waals surface area contributed by atoms with Gasteiger partial charge in [0.05, 0.1) is 6.54 Å². The molecular formula is C14H20FN3OS. The highest BCUT2D eigenvalue weighted by Crippen LogP contribution is 2.13. The molecule has 1 aromatic rings. The minimum atomic E-state index is -0.406. The summed E-state index contributed by atoms with van der Waals surface area (Å²) in [4.78, 5) is 13.1. The molecule has 0 radical (unpaired) electrons. The number of carbonyl (C=O) groups excluding carboxylic acids is 1. The minimum Gasteiger partial charge on any atom is -0.389 e. The van der Waals surface area contributed by atoms with E-state index >= 15 is 0 Å². The molecule has 0 aliphatic carbocycles. The van der Waals surface area contributed by atoms with Gasteiger partial charge in [0.2, 0.25) is 5.91 Å². The van der Waals surface area contributed by atoms with Crippen molar-refractivity contribution in [3.05, 3.63) is 35.1 Å². The van der Waals surface area contributed by atoms with E-state index in [4.69, 9.17) is 23.7 Å².